The molecule has 0 spiro atoms. The Kier molecular flexibility index (Phi) is 7.73. The largest absolute Gasteiger partial charge is 0.493 e. The molecule has 6 rings (SSSR count). The lowest BCUT2D eigenvalue weighted by Gasteiger charge is -2.31. The van der Waals surface area contributed by atoms with Gasteiger partial charge in [0, 0.05) is 28.4 Å². The predicted octanol–water partition coefficient (Wildman–Crippen LogP) is 4.50. The molecule has 2 fully saturated rings. The first kappa shape index (κ1) is 28.0. The summed E-state index contributed by atoms with van der Waals surface area (Å²) in [4.78, 5) is 58.0. The molecular formula is C29H28BrN3O6S2. The Morgan fingerprint density at radius 1 is 0.951 bits per heavy atom. The number of ether oxygens (including phenoxy) is 2. The van der Waals surface area contributed by atoms with Gasteiger partial charge in [-0.3, -0.25) is 23.7 Å². The molecule has 3 unspecified atom stereocenters. The quantitative estimate of drug-likeness (QED) is 0.360. The van der Waals surface area contributed by atoms with Crippen LogP contribution in [0.3, 0.4) is 0 Å². The summed E-state index contributed by atoms with van der Waals surface area (Å²) in [6.45, 7) is 1.27. The van der Waals surface area contributed by atoms with Crippen molar-refractivity contribution in [2.24, 2.45) is 5.92 Å². The van der Waals surface area contributed by atoms with Crippen LogP contribution in [0.15, 0.2) is 56.8 Å². The number of hydrogen-bond acceptors (Lipinski definition) is 8. The lowest BCUT2D eigenvalue weighted by Crippen LogP contribution is -2.39. The number of rotatable bonds is 6. The highest BCUT2D eigenvalue weighted by molar-refractivity contribution is 9.10. The van der Waals surface area contributed by atoms with Gasteiger partial charge in [0.1, 0.15) is 11.8 Å². The van der Waals surface area contributed by atoms with Gasteiger partial charge in [0.25, 0.3) is 0 Å². The summed E-state index contributed by atoms with van der Waals surface area (Å²) in [6.07, 6.45) is 2.99. The van der Waals surface area contributed by atoms with E-state index in [-0.39, 0.29) is 29.1 Å². The fourth-order valence-corrected chi connectivity index (χ4v) is 8.92. The molecule has 1 aromatic heterocycles. The number of thiazole rings is 1. The standard InChI is InChI=1S/C29H28BrN3O6S2/c1-38-19-11-6-16(14-20(19)39-2)22-23-24(27(36)33(26(23)35)18-9-7-17(30)8-10-18)40-28-25(22)41-29(37)32(28)15-21(34)31-12-4-3-5-13-31/h6-11,14,22-24H,3-5,12-13,15H2,1-2H3. The molecule has 9 nitrogen and oxygen atoms in total. The second-order valence-corrected chi connectivity index (χ2v) is 13.2. The number of thioether (sulfide) groups is 1. The van der Waals surface area contributed by atoms with Crippen molar-refractivity contribution in [2.45, 2.75) is 42.0 Å². The molecule has 214 valence electrons. The van der Waals surface area contributed by atoms with Crippen molar-refractivity contribution in [3.63, 3.8) is 0 Å². The van der Waals surface area contributed by atoms with Gasteiger partial charge >= 0.3 is 4.87 Å². The minimum atomic E-state index is -0.762. The average Bonchev–Trinajstić information content (AvgIpc) is 3.43. The molecule has 0 bridgehead atoms. The summed E-state index contributed by atoms with van der Waals surface area (Å²) in [5, 5.41) is -0.188. The number of amides is 3. The molecule has 3 aromatic rings. The van der Waals surface area contributed by atoms with Crippen molar-refractivity contribution >= 4 is 62.4 Å². The van der Waals surface area contributed by atoms with Gasteiger partial charge in [0.2, 0.25) is 17.7 Å². The van der Waals surface area contributed by atoms with E-state index >= 15 is 0 Å². The van der Waals surface area contributed by atoms with Crippen molar-refractivity contribution in [3.8, 4) is 11.5 Å². The number of aromatic nitrogens is 1. The first-order chi connectivity index (χ1) is 19.8. The highest BCUT2D eigenvalue weighted by Gasteiger charge is 2.57. The van der Waals surface area contributed by atoms with Crippen LogP contribution in [0.4, 0.5) is 5.69 Å². The molecule has 0 aliphatic carbocycles. The Labute approximate surface area is 253 Å². The smallest absolute Gasteiger partial charge is 0.308 e. The molecule has 3 atom stereocenters. The molecule has 2 aromatic carbocycles. The summed E-state index contributed by atoms with van der Waals surface area (Å²) < 4.78 is 13.3. The SMILES string of the molecule is COc1ccc(C2c3sc(=O)n(CC(=O)N4CCCCC4)c3SC3C(=O)N(c4ccc(Br)cc4)C(=O)C32)cc1OC. The Bertz CT molecular complexity index is 1580. The zero-order valence-corrected chi connectivity index (χ0v) is 25.7. The highest BCUT2D eigenvalue weighted by Crippen LogP contribution is 2.54. The van der Waals surface area contributed by atoms with Gasteiger partial charge in [0.15, 0.2) is 11.5 Å². The van der Waals surface area contributed by atoms with Crippen molar-refractivity contribution in [1.82, 2.24) is 9.47 Å². The van der Waals surface area contributed by atoms with E-state index in [2.05, 4.69) is 15.9 Å². The number of hydrogen-bond donors (Lipinski definition) is 0. The molecule has 12 heteroatoms. The fraction of sp³-hybridized carbons (Fsp3) is 0.379. The minimum absolute atomic E-state index is 0.0910. The predicted molar refractivity (Wildman–Crippen MR) is 160 cm³/mol. The normalized spacial score (nSPS) is 22.0. The minimum Gasteiger partial charge on any atom is -0.493 e. The Morgan fingerprint density at radius 3 is 2.34 bits per heavy atom. The summed E-state index contributed by atoms with van der Waals surface area (Å²) in [7, 11) is 3.08. The van der Waals surface area contributed by atoms with Gasteiger partial charge in [-0.2, -0.15) is 0 Å². The second-order valence-electron chi connectivity index (χ2n) is 10.2. The van der Waals surface area contributed by atoms with Crippen LogP contribution in [0.25, 0.3) is 0 Å². The third kappa shape index (κ3) is 4.89. The topological polar surface area (TPSA) is 98.1 Å². The van der Waals surface area contributed by atoms with Crippen molar-refractivity contribution < 1.29 is 23.9 Å². The van der Waals surface area contributed by atoms with Crippen LogP contribution < -0.4 is 19.2 Å². The molecule has 0 saturated carbocycles. The van der Waals surface area contributed by atoms with Crippen LogP contribution in [-0.4, -0.2) is 59.7 Å². The number of carbonyl (C=O) groups excluding carboxylic acids is 3. The van der Waals surface area contributed by atoms with E-state index in [1.54, 1.807) is 43.5 Å². The Balaban J connectivity index is 1.46. The van der Waals surface area contributed by atoms with Crippen LogP contribution >= 0.6 is 39.0 Å². The van der Waals surface area contributed by atoms with E-state index in [9.17, 15) is 19.2 Å². The molecule has 0 N–H and O–H groups in total. The molecule has 41 heavy (non-hydrogen) atoms. The number of carbonyl (C=O) groups is 3. The lowest BCUT2D eigenvalue weighted by atomic mass is 9.83. The van der Waals surface area contributed by atoms with Crippen LogP contribution in [0.2, 0.25) is 0 Å². The zero-order chi connectivity index (χ0) is 28.8. The third-order valence-corrected chi connectivity index (χ3v) is 11.0. The maximum Gasteiger partial charge on any atom is 0.308 e. The van der Waals surface area contributed by atoms with E-state index in [4.69, 9.17) is 9.47 Å². The zero-order valence-electron chi connectivity index (χ0n) is 22.5. The number of anilines is 1. The molecule has 2 saturated heterocycles. The molecular weight excluding hydrogens is 630 g/mol. The van der Waals surface area contributed by atoms with Crippen molar-refractivity contribution in [3.05, 3.63) is 67.0 Å². The van der Waals surface area contributed by atoms with Crippen LogP contribution in [-0.2, 0) is 20.9 Å². The highest BCUT2D eigenvalue weighted by atomic mass is 79.9. The molecule has 0 radical (unpaired) electrons. The van der Waals surface area contributed by atoms with Crippen LogP contribution in [0.1, 0.15) is 35.6 Å². The summed E-state index contributed by atoms with van der Waals surface area (Å²) in [6, 6.07) is 12.4. The lowest BCUT2D eigenvalue weighted by molar-refractivity contribution is -0.133. The van der Waals surface area contributed by atoms with Crippen LogP contribution in [0, 0.1) is 5.92 Å². The van der Waals surface area contributed by atoms with Crippen LogP contribution in [0.5, 0.6) is 11.5 Å². The van der Waals surface area contributed by atoms with Gasteiger partial charge < -0.3 is 14.4 Å². The Morgan fingerprint density at radius 2 is 1.66 bits per heavy atom. The average molecular weight is 659 g/mol. The number of nitrogens with zero attached hydrogens (tertiary/aromatic N) is 3. The number of benzene rings is 2. The van der Waals surface area contributed by atoms with Gasteiger partial charge in [-0.05, 0) is 61.2 Å². The van der Waals surface area contributed by atoms with Crippen molar-refractivity contribution in [1.29, 1.82) is 0 Å². The van der Waals surface area contributed by atoms with Crippen molar-refractivity contribution in [2.75, 3.05) is 32.2 Å². The maximum atomic E-state index is 14.1. The first-order valence-corrected chi connectivity index (χ1v) is 15.8. The van der Waals surface area contributed by atoms with E-state index in [0.29, 0.717) is 40.2 Å². The number of piperidine rings is 1. The monoisotopic (exact) mass is 657 g/mol. The number of imide groups is 1. The second kappa shape index (κ2) is 11.3. The maximum absolute atomic E-state index is 14.1. The molecule has 3 aliphatic heterocycles. The summed E-state index contributed by atoms with van der Waals surface area (Å²) >= 11 is 5.67. The van der Waals surface area contributed by atoms with E-state index in [1.807, 2.05) is 11.0 Å². The molecule has 4 heterocycles. The third-order valence-electron chi connectivity index (χ3n) is 7.90. The van der Waals surface area contributed by atoms with Gasteiger partial charge in [0.05, 0.1) is 30.9 Å². The van der Waals surface area contributed by atoms with E-state index in [1.165, 1.54) is 28.3 Å². The van der Waals surface area contributed by atoms with Gasteiger partial charge in [-0.15, -0.1) is 0 Å². The Hall–Kier alpha value is -3.09. The summed E-state index contributed by atoms with van der Waals surface area (Å²) in [5.41, 5.74) is 1.22. The number of methoxy groups -OCH3 is 2. The number of halogens is 1. The summed E-state index contributed by atoms with van der Waals surface area (Å²) in [5.74, 6) is -1.09. The molecule has 3 amide bonds. The fourth-order valence-electron chi connectivity index (χ4n) is 5.88. The first-order valence-electron chi connectivity index (χ1n) is 13.4. The molecule has 3 aliphatic rings. The van der Waals surface area contributed by atoms with E-state index < -0.39 is 17.1 Å². The van der Waals surface area contributed by atoms with Gasteiger partial charge in [-0.25, -0.2) is 4.90 Å². The van der Waals surface area contributed by atoms with Gasteiger partial charge in [-0.1, -0.05) is 45.1 Å². The van der Waals surface area contributed by atoms with E-state index in [0.717, 1.165) is 40.6 Å². The number of likely N-dealkylation sites (tertiary alicyclic amines) is 1. The number of fused-ring (bicyclic) bond motifs is 2.